The highest BCUT2D eigenvalue weighted by molar-refractivity contribution is 7.99. The number of carbonyl (C=O) groups is 2. The van der Waals surface area contributed by atoms with E-state index in [0.717, 1.165) is 17.3 Å². The minimum absolute atomic E-state index is 0.188. The molecule has 1 heterocycles. The zero-order valence-corrected chi connectivity index (χ0v) is 14.3. The van der Waals surface area contributed by atoms with Crippen molar-refractivity contribution in [1.29, 1.82) is 0 Å². The number of thioether (sulfide) groups is 2. The molecule has 1 saturated heterocycles. The number of amides is 1. The van der Waals surface area contributed by atoms with Crippen LogP contribution in [-0.2, 0) is 15.3 Å². The van der Waals surface area contributed by atoms with Crippen LogP contribution in [0.2, 0.25) is 0 Å². The van der Waals surface area contributed by atoms with E-state index >= 15 is 0 Å². The van der Waals surface area contributed by atoms with Crippen LogP contribution in [0.25, 0.3) is 0 Å². The fourth-order valence-corrected chi connectivity index (χ4v) is 4.44. The summed E-state index contributed by atoms with van der Waals surface area (Å²) in [7, 11) is 0. The molecule has 22 heavy (non-hydrogen) atoms. The first-order chi connectivity index (χ1) is 10.5. The van der Waals surface area contributed by atoms with Crippen molar-refractivity contribution in [2.24, 2.45) is 0 Å². The quantitative estimate of drug-likeness (QED) is 0.834. The smallest absolute Gasteiger partial charge is 0.329 e. The van der Waals surface area contributed by atoms with E-state index in [1.807, 2.05) is 25.1 Å². The van der Waals surface area contributed by atoms with Gasteiger partial charge in [0.1, 0.15) is 5.54 Å². The molecule has 4 nitrogen and oxygen atoms in total. The number of nitrogens with one attached hydrogen (secondary N) is 1. The Morgan fingerprint density at radius 2 is 2.09 bits per heavy atom. The molecule has 2 N–H and O–H groups in total. The third-order valence-electron chi connectivity index (χ3n) is 3.72. The molecule has 1 aromatic rings. The number of hydrogen-bond acceptors (Lipinski definition) is 4. The van der Waals surface area contributed by atoms with E-state index < -0.39 is 11.5 Å². The number of hydrogen-bond donors (Lipinski definition) is 2. The van der Waals surface area contributed by atoms with Gasteiger partial charge in [0.25, 0.3) is 0 Å². The number of carboxylic acids is 1. The molecule has 0 unspecified atom stereocenters. The second-order valence-electron chi connectivity index (χ2n) is 5.53. The molecule has 1 aliphatic heterocycles. The highest BCUT2D eigenvalue weighted by Gasteiger charge is 2.41. The second kappa shape index (κ2) is 7.92. The number of aryl methyl sites for hydroxylation is 1. The largest absolute Gasteiger partial charge is 0.480 e. The van der Waals surface area contributed by atoms with Crippen molar-refractivity contribution < 1.29 is 14.7 Å². The van der Waals surface area contributed by atoms with Crippen LogP contribution in [0.1, 0.15) is 24.0 Å². The molecule has 1 aromatic carbocycles. The summed E-state index contributed by atoms with van der Waals surface area (Å²) in [5.41, 5.74) is 1.32. The average Bonchev–Trinajstić information content (AvgIpc) is 2.48. The molecule has 1 aliphatic rings. The molecule has 1 amide bonds. The van der Waals surface area contributed by atoms with Crippen LogP contribution in [-0.4, -0.2) is 39.8 Å². The van der Waals surface area contributed by atoms with Gasteiger partial charge in [-0.2, -0.15) is 11.8 Å². The van der Waals surface area contributed by atoms with Crippen molar-refractivity contribution in [2.45, 2.75) is 31.1 Å². The van der Waals surface area contributed by atoms with Crippen molar-refractivity contribution in [3.63, 3.8) is 0 Å². The molecule has 2 rings (SSSR count). The van der Waals surface area contributed by atoms with Crippen LogP contribution >= 0.6 is 23.5 Å². The topological polar surface area (TPSA) is 66.4 Å². The van der Waals surface area contributed by atoms with Gasteiger partial charge in [-0.25, -0.2) is 4.79 Å². The summed E-state index contributed by atoms with van der Waals surface area (Å²) in [5.74, 6) is 1.50. The van der Waals surface area contributed by atoms with E-state index in [0.29, 0.717) is 12.8 Å². The van der Waals surface area contributed by atoms with Crippen LogP contribution in [0.4, 0.5) is 0 Å². The fourth-order valence-electron chi connectivity index (χ4n) is 2.48. The van der Waals surface area contributed by atoms with E-state index in [2.05, 4.69) is 11.4 Å². The summed E-state index contributed by atoms with van der Waals surface area (Å²) in [4.78, 5) is 23.6. The van der Waals surface area contributed by atoms with Gasteiger partial charge in [0.2, 0.25) is 5.91 Å². The Labute approximate surface area is 139 Å². The monoisotopic (exact) mass is 339 g/mol. The van der Waals surface area contributed by atoms with E-state index in [1.165, 1.54) is 22.9 Å². The van der Waals surface area contributed by atoms with E-state index in [9.17, 15) is 14.7 Å². The van der Waals surface area contributed by atoms with Gasteiger partial charge in [-0.15, -0.1) is 11.8 Å². The first-order valence-electron chi connectivity index (χ1n) is 7.27. The van der Waals surface area contributed by atoms with Crippen LogP contribution in [0.5, 0.6) is 0 Å². The Kier molecular flexibility index (Phi) is 6.20. The lowest BCUT2D eigenvalue weighted by atomic mass is 9.92. The van der Waals surface area contributed by atoms with Crippen LogP contribution in [0, 0.1) is 6.92 Å². The molecule has 0 saturated carbocycles. The predicted octanol–water partition coefficient (Wildman–Crippen LogP) is 2.69. The SMILES string of the molecule is Cc1cccc(CSCC(=O)NC2(C(=O)O)CCSCC2)c1. The molecule has 120 valence electrons. The standard InChI is InChI=1S/C16H21NO3S2/c1-12-3-2-4-13(9-12)10-22-11-14(18)17-16(15(19)20)5-7-21-8-6-16/h2-4,9H,5-8,10-11H2,1H3,(H,17,18)(H,19,20). The number of aliphatic carboxylic acids is 1. The normalized spacial score (nSPS) is 17.0. The van der Waals surface area contributed by atoms with E-state index in [-0.39, 0.29) is 11.7 Å². The zero-order chi connectivity index (χ0) is 16.0. The third kappa shape index (κ3) is 4.68. The highest BCUT2D eigenvalue weighted by Crippen LogP contribution is 2.27. The summed E-state index contributed by atoms with van der Waals surface area (Å²) in [5, 5.41) is 12.2. The lowest BCUT2D eigenvalue weighted by Gasteiger charge is -2.33. The molecule has 0 atom stereocenters. The molecule has 0 bridgehead atoms. The number of carboxylic acid groups (broad SMARTS) is 1. The van der Waals surface area contributed by atoms with E-state index in [1.54, 1.807) is 11.8 Å². The van der Waals surface area contributed by atoms with Crippen molar-refractivity contribution >= 4 is 35.4 Å². The molecule has 1 fully saturated rings. The van der Waals surface area contributed by atoms with Gasteiger partial charge in [0.15, 0.2) is 0 Å². The molecule has 0 radical (unpaired) electrons. The maximum atomic E-state index is 12.1. The maximum absolute atomic E-state index is 12.1. The van der Waals surface area contributed by atoms with E-state index in [4.69, 9.17) is 0 Å². The average molecular weight is 339 g/mol. The van der Waals surface area contributed by atoms with Crippen molar-refractivity contribution in [2.75, 3.05) is 17.3 Å². The molecule has 0 aliphatic carbocycles. The Bertz CT molecular complexity index is 542. The van der Waals surface area contributed by atoms with Gasteiger partial charge in [-0.1, -0.05) is 29.8 Å². The van der Waals surface area contributed by atoms with Gasteiger partial charge >= 0.3 is 5.97 Å². The summed E-state index contributed by atoms with van der Waals surface area (Å²) in [6, 6.07) is 8.18. The van der Waals surface area contributed by atoms with Crippen molar-refractivity contribution in [3.8, 4) is 0 Å². The molecule has 0 spiro atoms. The summed E-state index contributed by atoms with van der Waals surface area (Å²) in [6.45, 7) is 2.04. The predicted molar refractivity (Wildman–Crippen MR) is 92.4 cm³/mol. The van der Waals surface area contributed by atoms with Crippen LogP contribution < -0.4 is 5.32 Å². The van der Waals surface area contributed by atoms with Crippen molar-refractivity contribution in [1.82, 2.24) is 5.32 Å². The fraction of sp³-hybridized carbons (Fsp3) is 0.500. The number of carbonyl (C=O) groups excluding carboxylic acids is 1. The first-order valence-corrected chi connectivity index (χ1v) is 9.58. The molecular weight excluding hydrogens is 318 g/mol. The first kappa shape index (κ1) is 17.2. The highest BCUT2D eigenvalue weighted by atomic mass is 32.2. The summed E-state index contributed by atoms with van der Waals surface area (Å²) >= 11 is 3.25. The van der Waals surface area contributed by atoms with Crippen LogP contribution in [0.3, 0.4) is 0 Å². The molecule has 6 heteroatoms. The minimum Gasteiger partial charge on any atom is -0.480 e. The number of rotatable bonds is 6. The lowest BCUT2D eigenvalue weighted by molar-refractivity contribution is -0.147. The van der Waals surface area contributed by atoms with Gasteiger partial charge in [0, 0.05) is 5.75 Å². The summed E-state index contributed by atoms with van der Waals surface area (Å²) in [6.07, 6.45) is 1.00. The van der Waals surface area contributed by atoms with Gasteiger partial charge < -0.3 is 10.4 Å². The van der Waals surface area contributed by atoms with Crippen LogP contribution in [0.15, 0.2) is 24.3 Å². The second-order valence-corrected chi connectivity index (χ2v) is 7.74. The lowest BCUT2D eigenvalue weighted by Crippen LogP contribution is -2.57. The maximum Gasteiger partial charge on any atom is 0.329 e. The van der Waals surface area contributed by atoms with Gasteiger partial charge in [-0.05, 0) is 36.8 Å². The Balaban J connectivity index is 1.83. The molecular formula is C16H21NO3S2. The Morgan fingerprint density at radius 3 is 2.73 bits per heavy atom. The molecule has 0 aromatic heterocycles. The Morgan fingerprint density at radius 1 is 1.36 bits per heavy atom. The minimum atomic E-state index is -1.06. The van der Waals surface area contributed by atoms with Crippen molar-refractivity contribution in [3.05, 3.63) is 35.4 Å². The Hall–Kier alpha value is -1.14. The summed E-state index contributed by atoms with van der Waals surface area (Å²) < 4.78 is 0. The third-order valence-corrected chi connectivity index (χ3v) is 5.71. The van der Waals surface area contributed by atoms with Gasteiger partial charge in [-0.3, -0.25) is 4.79 Å². The zero-order valence-electron chi connectivity index (χ0n) is 12.6. The van der Waals surface area contributed by atoms with Gasteiger partial charge in [0.05, 0.1) is 5.75 Å². The number of benzene rings is 1.